The molecule has 2 amide bonds. The number of carbonyl (C=O) groups excluding carboxylic acids is 2. The molecule has 1 aliphatic heterocycles. The van der Waals surface area contributed by atoms with Gasteiger partial charge in [0.2, 0.25) is 5.91 Å². The van der Waals surface area contributed by atoms with E-state index in [1.165, 1.54) is 0 Å². The van der Waals surface area contributed by atoms with E-state index >= 15 is 0 Å². The number of fused-ring (bicyclic) bond motifs is 1. The molecule has 0 radical (unpaired) electrons. The van der Waals surface area contributed by atoms with Gasteiger partial charge in [0.05, 0.1) is 25.5 Å². The molecule has 0 saturated heterocycles. The number of hydrogen-bond acceptors (Lipinski definition) is 4. The third kappa shape index (κ3) is 3.35. The van der Waals surface area contributed by atoms with Crippen molar-refractivity contribution in [2.24, 2.45) is 5.73 Å². The lowest BCUT2D eigenvalue weighted by Crippen LogP contribution is -2.24. The summed E-state index contributed by atoms with van der Waals surface area (Å²) in [4.78, 5) is 21.4. The van der Waals surface area contributed by atoms with Gasteiger partial charge in [-0.15, -0.1) is 0 Å². The zero-order valence-electron chi connectivity index (χ0n) is 12.3. The van der Waals surface area contributed by atoms with Crippen molar-refractivity contribution < 1.29 is 19.1 Å². The molecule has 0 saturated carbocycles. The van der Waals surface area contributed by atoms with Gasteiger partial charge in [-0.25, -0.2) is 0 Å². The van der Waals surface area contributed by atoms with E-state index in [0.29, 0.717) is 11.1 Å². The molecule has 3 N–H and O–H groups in total. The van der Waals surface area contributed by atoms with Crippen LogP contribution in [0.15, 0.2) is 42.5 Å². The fraction of sp³-hybridized carbons (Fsp3) is 0.125. The smallest absolute Gasteiger partial charge is 0.257 e. The van der Waals surface area contributed by atoms with Crippen molar-refractivity contribution in [1.29, 1.82) is 0 Å². The lowest BCUT2D eigenvalue weighted by molar-refractivity contribution is 0.0995. The summed E-state index contributed by atoms with van der Waals surface area (Å²) in [6.45, 7) is 0. The molecule has 3 rings (SSSR count). The number of nitrogens with two attached hydrogens (primary N) is 1. The molecule has 1 heterocycles. The number of carbonyl (C=O) groups is 2. The van der Waals surface area contributed by atoms with Crippen molar-refractivity contribution in [3.63, 3.8) is 0 Å². The molecule has 0 aromatic heterocycles. The minimum absolute atomic E-state index is 0.0288. The van der Waals surface area contributed by atoms with Crippen molar-refractivity contribution >= 4 is 17.5 Å². The first-order valence-corrected chi connectivity index (χ1v) is 6.48. The van der Waals surface area contributed by atoms with E-state index < -0.39 is 5.91 Å². The topological polar surface area (TPSA) is 90.7 Å². The maximum atomic E-state index is 10.8. The highest BCUT2D eigenvalue weighted by Gasteiger charge is 2.22. The molecule has 2 aromatic carbocycles. The first-order chi connectivity index (χ1) is 10.5. The monoisotopic (exact) mass is 300 g/mol. The van der Waals surface area contributed by atoms with Gasteiger partial charge in [0.15, 0.2) is 0 Å². The quantitative estimate of drug-likeness (QED) is 0.907. The second-order valence-electron chi connectivity index (χ2n) is 4.46. The van der Waals surface area contributed by atoms with Gasteiger partial charge in [0, 0.05) is 5.56 Å². The van der Waals surface area contributed by atoms with Gasteiger partial charge in [-0.1, -0.05) is 0 Å². The summed E-state index contributed by atoms with van der Waals surface area (Å²) in [6.07, 6.45) is 0. The van der Waals surface area contributed by atoms with Crippen molar-refractivity contribution in [2.45, 2.75) is 0 Å². The van der Waals surface area contributed by atoms with Crippen molar-refractivity contribution in [1.82, 2.24) is 0 Å². The number of nitrogens with one attached hydrogen (secondary N) is 1. The van der Waals surface area contributed by atoms with Gasteiger partial charge in [0.1, 0.15) is 11.5 Å². The highest BCUT2D eigenvalue weighted by molar-refractivity contribution is 6.18. The maximum absolute atomic E-state index is 10.8. The van der Waals surface area contributed by atoms with Gasteiger partial charge in [-0.05, 0) is 42.5 Å². The van der Waals surface area contributed by atoms with E-state index in [2.05, 4.69) is 5.32 Å². The van der Waals surface area contributed by atoms with Crippen LogP contribution in [0.5, 0.6) is 11.5 Å². The molecular formula is C16H16N2O4. The summed E-state index contributed by atoms with van der Waals surface area (Å²) in [5.41, 5.74) is 7.11. The lowest BCUT2D eigenvalue weighted by atomic mass is 10.1. The van der Waals surface area contributed by atoms with Crippen LogP contribution in [0.1, 0.15) is 20.7 Å². The van der Waals surface area contributed by atoms with Crippen LogP contribution in [-0.2, 0) is 0 Å². The van der Waals surface area contributed by atoms with Gasteiger partial charge < -0.3 is 20.5 Å². The summed E-state index contributed by atoms with van der Waals surface area (Å²) < 4.78 is 9.85. The van der Waals surface area contributed by atoms with E-state index in [9.17, 15) is 9.59 Å². The third-order valence-corrected chi connectivity index (χ3v) is 3.09. The van der Waals surface area contributed by atoms with Gasteiger partial charge >= 0.3 is 0 Å². The summed E-state index contributed by atoms with van der Waals surface area (Å²) >= 11 is 0. The van der Waals surface area contributed by atoms with Crippen LogP contribution in [-0.4, -0.2) is 26.0 Å². The number of anilines is 1. The Morgan fingerprint density at radius 3 is 2.09 bits per heavy atom. The molecule has 0 aliphatic carbocycles. The Kier molecular flexibility index (Phi) is 4.63. The molecule has 0 unspecified atom stereocenters. The Morgan fingerprint density at radius 1 is 1.00 bits per heavy atom. The zero-order valence-corrected chi connectivity index (χ0v) is 12.3. The van der Waals surface area contributed by atoms with Crippen molar-refractivity contribution in [3.8, 4) is 11.5 Å². The summed E-state index contributed by atoms with van der Waals surface area (Å²) in [5, 5.41) is 2.64. The maximum Gasteiger partial charge on any atom is 0.257 e. The average Bonchev–Trinajstić information content (AvgIpc) is 2.54. The molecule has 0 spiro atoms. The average molecular weight is 300 g/mol. The fourth-order valence-electron chi connectivity index (χ4n) is 1.83. The second-order valence-corrected chi connectivity index (χ2v) is 4.46. The van der Waals surface area contributed by atoms with E-state index in [1.807, 2.05) is 12.1 Å². The third-order valence-electron chi connectivity index (χ3n) is 3.09. The number of primary amides is 1. The lowest BCUT2D eigenvalue weighted by Gasteiger charge is -2.19. The summed E-state index contributed by atoms with van der Waals surface area (Å²) in [7, 11) is 3.15. The Hall–Kier alpha value is -3.02. The van der Waals surface area contributed by atoms with Crippen LogP contribution in [0, 0.1) is 0 Å². The minimum Gasteiger partial charge on any atom is -0.497 e. The molecular weight excluding hydrogens is 284 g/mol. The second kappa shape index (κ2) is 6.62. The van der Waals surface area contributed by atoms with Crippen LogP contribution < -0.4 is 20.5 Å². The molecule has 22 heavy (non-hydrogen) atoms. The predicted octanol–water partition coefficient (Wildman–Crippen LogP) is 2.06. The van der Waals surface area contributed by atoms with Crippen molar-refractivity contribution in [2.75, 3.05) is 19.5 Å². The number of benzene rings is 2. The minimum atomic E-state index is -0.423. The summed E-state index contributed by atoms with van der Waals surface area (Å²) in [5.74, 6) is 0.986. The standard InChI is InChI=1S/C8H7NO2.C8H9NO2/c1-11-5-2-3-7-6(4-5)8(10)9-7;1-11-7-4-2-6(3-5-7)8(9)10/h2-4H,1H3,(H,9,10);2-5H,1H3,(H2,9,10). The zero-order chi connectivity index (χ0) is 16.1. The van der Waals surface area contributed by atoms with Crippen LogP contribution in [0.4, 0.5) is 5.69 Å². The number of amides is 2. The van der Waals surface area contributed by atoms with Crippen LogP contribution in [0.25, 0.3) is 0 Å². The SMILES string of the molecule is COc1ccc(C(N)=O)cc1.COc1ccc2c(c1)C(=O)N2. The van der Waals surface area contributed by atoms with Gasteiger partial charge in [0.25, 0.3) is 5.91 Å². The molecule has 6 heteroatoms. The molecule has 114 valence electrons. The number of ether oxygens (including phenoxy) is 2. The first-order valence-electron chi connectivity index (χ1n) is 6.48. The van der Waals surface area contributed by atoms with E-state index in [-0.39, 0.29) is 5.91 Å². The number of hydrogen-bond donors (Lipinski definition) is 2. The van der Waals surface area contributed by atoms with Gasteiger partial charge in [-0.3, -0.25) is 9.59 Å². The van der Waals surface area contributed by atoms with Crippen molar-refractivity contribution in [3.05, 3.63) is 53.6 Å². The van der Waals surface area contributed by atoms with E-state index in [1.54, 1.807) is 44.6 Å². The van der Waals surface area contributed by atoms with Crippen LogP contribution in [0.2, 0.25) is 0 Å². The molecule has 2 aromatic rings. The fourth-order valence-corrected chi connectivity index (χ4v) is 1.83. The Morgan fingerprint density at radius 2 is 1.59 bits per heavy atom. The Bertz CT molecular complexity index is 696. The summed E-state index contributed by atoms with van der Waals surface area (Å²) in [6, 6.07) is 12.0. The van der Waals surface area contributed by atoms with E-state index in [4.69, 9.17) is 15.2 Å². The van der Waals surface area contributed by atoms with Crippen LogP contribution >= 0.6 is 0 Å². The molecule has 0 fully saturated rings. The normalized spacial score (nSPS) is 11.1. The van der Waals surface area contributed by atoms with E-state index in [0.717, 1.165) is 17.2 Å². The number of rotatable bonds is 3. The molecule has 0 atom stereocenters. The largest absolute Gasteiger partial charge is 0.497 e. The molecule has 1 aliphatic rings. The highest BCUT2D eigenvalue weighted by Crippen LogP contribution is 2.28. The Labute approximate surface area is 127 Å². The molecule has 6 nitrogen and oxygen atoms in total. The first kappa shape index (κ1) is 15.4. The predicted molar refractivity (Wildman–Crippen MR) is 82.5 cm³/mol. The van der Waals surface area contributed by atoms with Gasteiger partial charge in [-0.2, -0.15) is 0 Å². The molecule has 0 bridgehead atoms. The number of methoxy groups -OCH3 is 2. The van der Waals surface area contributed by atoms with Crippen LogP contribution in [0.3, 0.4) is 0 Å². The Balaban J connectivity index is 0.000000160. The highest BCUT2D eigenvalue weighted by atomic mass is 16.5.